The van der Waals surface area contributed by atoms with Crippen molar-refractivity contribution in [3.05, 3.63) is 17.3 Å². The van der Waals surface area contributed by atoms with E-state index < -0.39 is 0 Å². The standard InChI is InChI=1S/C10H8ClN5OS/c1-17-5-3-2-4-9(14-5)18-6-7(11)15-10(12)16-8(6)13-4/h2-3H,1H3,(H3,12,13,15,16). The summed E-state index contributed by atoms with van der Waals surface area (Å²) in [5.74, 6) is 1.27. The molecule has 2 aromatic rings. The van der Waals surface area contributed by atoms with Gasteiger partial charge in [-0.1, -0.05) is 23.4 Å². The number of halogens is 1. The smallest absolute Gasteiger partial charge is 0.223 e. The Morgan fingerprint density at radius 1 is 1.33 bits per heavy atom. The predicted molar refractivity (Wildman–Crippen MR) is 69.6 cm³/mol. The molecule has 0 atom stereocenters. The quantitative estimate of drug-likeness (QED) is 0.662. The minimum atomic E-state index is 0.136. The van der Waals surface area contributed by atoms with E-state index in [9.17, 15) is 0 Å². The second kappa shape index (κ2) is 4.18. The van der Waals surface area contributed by atoms with Crippen molar-refractivity contribution in [2.45, 2.75) is 9.92 Å². The van der Waals surface area contributed by atoms with E-state index in [4.69, 9.17) is 22.1 Å². The molecule has 0 amide bonds. The summed E-state index contributed by atoms with van der Waals surface area (Å²) in [6.45, 7) is 0. The molecule has 3 N–H and O–H groups in total. The lowest BCUT2D eigenvalue weighted by atomic mass is 10.4. The zero-order valence-electron chi connectivity index (χ0n) is 9.27. The SMILES string of the molecule is COc1ccc2c(n1)Sc1c(Cl)nc(N)nc1N2. The van der Waals surface area contributed by atoms with Crippen LogP contribution in [-0.2, 0) is 0 Å². The first-order chi connectivity index (χ1) is 8.67. The van der Waals surface area contributed by atoms with Crippen molar-refractivity contribution < 1.29 is 4.74 Å². The number of nitrogens with zero attached hydrogens (tertiary/aromatic N) is 3. The fraction of sp³-hybridized carbons (Fsp3) is 0.100. The van der Waals surface area contributed by atoms with Crippen LogP contribution in [0.2, 0.25) is 5.15 Å². The van der Waals surface area contributed by atoms with Gasteiger partial charge in [0.2, 0.25) is 11.8 Å². The maximum Gasteiger partial charge on any atom is 0.223 e. The van der Waals surface area contributed by atoms with E-state index in [0.717, 1.165) is 10.7 Å². The number of pyridine rings is 1. The highest BCUT2D eigenvalue weighted by Crippen LogP contribution is 2.45. The van der Waals surface area contributed by atoms with Crippen LogP contribution in [0.1, 0.15) is 0 Å². The summed E-state index contributed by atoms with van der Waals surface area (Å²) >= 11 is 7.42. The van der Waals surface area contributed by atoms with Crippen LogP contribution in [0.4, 0.5) is 17.5 Å². The van der Waals surface area contributed by atoms with Crippen LogP contribution in [0.25, 0.3) is 0 Å². The molecule has 1 aliphatic heterocycles. The van der Waals surface area contributed by atoms with Gasteiger partial charge in [-0.15, -0.1) is 0 Å². The summed E-state index contributed by atoms with van der Waals surface area (Å²) in [5.41, 5.74) is 6.39. The molecule has 8 heteroatoms. The minimum absolute atomic E-state index is 0.136. The van der Waals surface area contributed by atoms with Gasteiger partial charge in [-0.05, 0) is 6.07 Å². The van der Waals surface area contributed by atoms with Crippen molar-refractivity contribution in [3.63, 3.8) is 0 Å². The molecule has 2 aromatic heterocycles. The molecule has 0 bridgehead atoms. The summed E-state index contributed by atoms with van der Waals surface area (Å²) in [4.78, 5) is 13.1. The fourth-order valence-electron chi connectivity index (χ4n) is 1.55. The molecule has 92 valence electrons. The van der Waals surface area contributed by atoms with Gasteiger partial charge in [0.1, 0.15) is 5.03 Å². The highest BCUT2D eigenvalue weighted by molar-refractivity contribution is 7.99. The van der Waals surface area contributed by atoms with Crippen molar-refractivity contribution in [3.8, 4) is 5.88 Å². The number of rotatable bonds is 1. The molecule has 0 aliphatic carbocycles. The van der Waals surface area contributed by atoms with Gasteiger partial charge in [0.25, 0.3) is 0 Å². The molecule has 0 fully saturated rings. The van der Waals surface area contributed by atoms with Gasteiger partial charge >= 0.3 is 0 Å². The van der Waals surface area contributed by atoms with Gasteiger partial charge in [0, 0.05) is 6.07 Å². The average Bonchev–Trinajstić information content (AvgIpc) is 2.36. The summed E-state index contributed by atoms with van der Waals surface area (Å²) in [6.07, 6.45) is 0. The lowest BCUT2D eigenvalue weighted by Crippen LogP contribution is -2.07. The summed E-state index contributed by atoms with van der Waals surface area (Å²) in [5, 5.41) is 4.19. The van der Waals surface area contributed by atoms with Crippen LogP contribution < -0.4 is 15.8 Å². The topological polar surface area (TPSA) is 86.0 Å². The van der Waals surface area contributed by atoms with Crippen LogP contribution >= 0.6 is 23.4 Å². The number of ether oxygens (including phenoxy) is 1. The molecule has 0 radical (unpaired) electrons. The van der Waals surface area contributed by atoms with E-state index in [1.54, 1.807) is 13.2 Å². The first-order valence-corrected chi connectivity index (χ1v) is 6.20. The van der Waals surface area contributed by atoms with Crippen LogP contribution in [0.5, 0.6) is 5.88 Å². The molecule has 0 spiro atoms. The van der Waals surface area contributed by atoms with Crippen molar-refractivity contribution in [1.82, 2.24) is 15.0 Å². The number of hydrogen-bond donors (Lipinski definition) is 2. The number of nitrogen functional groups attached to an aromatic ring is 1. The Morgan fingerprint density at radius 2 is 2.17 bits per heavy atom. The summed E-state index contributed by atoms with van der Waals surface area (Å²) < 4.78 is 5.08. The Kier molecular flexibility index (Phi) is 2.64. The van der Waals surface area contributed by atoms with Crippen LogP contribution in [0.15, 0.2) is 22.1 Å². The third kappa shape index (κ3) is 1.81. The Labute approximate surface area is 112 Å². The molecule has 1 aliphatic rings. The molecule has 18 heavy (non-hydrogen) atoms. The van der Waals surface area contributed by atoms with Crippen molar-refractivity contribution in [1.29, 1.82) is 0 Å². The Balaban J connectivity index is 2.09. The predicted octanol–water partition coefficient (Wildman–Crippen LogP) is 2.32. The molecule has 0 unspecified atom stereocenters. The normalized spacial score (nSPS) is 12.3. The van der Waals surface area contributed by atoms with E-state index in [0.29, 0.717) is 21.7 Å². The molecular weight excluding hydrogens is 274 g/mol. The van der Waals surface area contributed by atoms with E-state index in [1.807, 2.05) is 6.07 Å². The first-order valence-electron chi connectivity index (χ1n) is 5.00. The van der Waals surface area contributed by atoms with Gasteiger partial charge in [-0.3, -0.25) is 0 Å². The number of hydrogen-bond acceptors (Lipinski definition) is 7. The van der Waals surface area contributed by atoms with Gasteiger partial charge in [0.15, 0.2) is 11.0 Å². The Bertz CT molecular complexity index is 636. The second-order valence-corrected chi connectivity index (χ2v) is 4.84. The highest BCUT2D eigenvalue weighted by Gasteiger charge is 2.22. The molecule has 0 aromatic carbocycles. The van der Waals surface area contributed by atoms with E-state index in [-0.39, 0.29) is 5.95 Å². The number of fused-ring (bicyclic) bond motifs is 2. The molecule has 6 nitrogen and oxygen atoms in total. The minimum Gasteiger partial charge on any atom is -0.481 e. The summed E-state index contributed by atoms with van der Waals surface area (Å²) in [6, 6.07) is 3.63. The molecule has 3 rings (SSSR count). The van der Waals surface area contributed by atoms with Gasteiger partial charge in [-0.2, -0.15) is 9.97 Å². The fourth-order valence-corrected chi connectivity index (χ4v) is 2.72. The Morgan fingerprint density at radius 3 is 2.94 bits per heavy atom. The zero-order chi connectivity index (χ0) is 12.7. The lowest BCUT2D eigenvalue weighted by molar-refractivity contribution is 0.394. The molecule has 3 heterocycles. The third-order valence-electron chi connectivity index (χ3n) is 2.34. The second-order valence-electron chi connectivity index (χ2n) is 3.48. The third-order valence-corrected chi connectivity index (χ3v) is 3.82. The number of nitrogens with one attached hydrogen (secondary N) is 1. The molecule has 0 saturated carbocycles. The largest absolute Gasteiger partial charge is 0.481 e. The highest BCUT2D eigenvalue weighted by atomic mass is 35.5. The van der Waals surface area contributed by atoms with Gasteiger partial charge in [-0.25, -0.2) is 4.98 Å². The van der Waals surface area contributed by atoms with Crippen molar-refractivity contribution in [2.75, 3.05) is 18.2 Å². The zero-order valence-corrected chi connectivity index (χ0v) is 10.8. The van der Waals surface area contributed by atoms with E-state index in [1.165, 1.54) is 11.8 Å². The van der Waals surface area contributed by atoms with Crippen LogP contribution in [-0.4, -0.2) is 22.1 Å². The van der Waals surface area contributed by atoms with E-state index >= 15 is 0 Å². The number of aromatic nitrogens is 3. The molecule has 0 saturated heterocycles. The maximum atomic E-state index is 6.04. The van der Waals surface area contributed by atoms with Crippen LogP contribution in [0, 0.1) is 0 Å². The summed E-state index contributed by atoms with van der Waals surface area (Å²) in [7, 11) is 1.57. The monoisotopic (exact) mass is 281 g/mol. The molecular formula is C10H8ClN5OS. The van der Waals surface area contributed by atoms with Crippen molar-refractivity contribution in [2.24, 2.45) is 0 Å². The number of methoxy groups -OCH3 is 1. The first kappa shape index (κ1) is 11.4. The van der Waals surface area contributed by atoms with Crippen LogP contribution in [0.3, 0.4) is 0 Å². The van der Waals surface area contributed by atoms with Gasteiger partial charge < -0.3 is 15.8 Å². The number of anilines is 3. The average molecular weight is 282 g/mol. The number of nitrogens with two attached hydrogens (primary N) is 1. The van der Waals surface area contributed by atoms with Crippen molar-refractivity contribution >= 4 is 40.8 Å². The van der Waals surface area contributed by atoms with E-state index in [2.05, 4.69) is 20.3 Å². The Hall–Kier alpha value is -1.73. The van der Waals surface area contributed by atoms with Gasteiger partial charge in [0.05, 0.1) is 17.7 Å². The maximum absolute atomic E-state index is 6.04. The lowest BCUT2D eigenvalue weighted by Gasteiger charge is -2.19.